The Hall–Kier alpha value is 0.430. The molecule has 1 N–H and O–H groups in total. The van der Waals surface area contributed by atoms with Crippen LogP contribution in [0, 0.1) is 13.8 Å². The number of anilines is 1. The minimum atomic E-state index is 0.656. The maximum Gasteiger partial charge on any atom is 0.0613 e. The summed E-state index contributed by atoms with van der Waals surface area (Å²) < 4.78 is 2.14. The molecule has 0 radical (unpaired) electrons. The molecule has 0 spiro atoms. The van der Waals surface area contributed by atoms with Crippen LogP contribution in [0.25, 0.3) is 0 Å². The zero-order valence-electron chi connectivity index (χ0n) is 10.3. The van der Waals surface area contributed by atoms with Crippen LogP contribution in [-0.4, -0.2) is 7.05 Å². The van der Waals surface area contributed by atoms with Crippen LogP contribution in [0.3, 0.4) is 0 Å². The summed E-state index contributed by atoms with van der Waals surface area (Å²) in [4.78, 5) is 0. The third-order valence-electron chi connectivity index (χ3n) is 3.41. The normalized spacial score (nSPS) is 15.8. The van der Waals surface area contributed by atoms with E-state index in [-0.39, 0.29) is 0 Å². The third-order valence-corrected chi connectivity index (χ3v) is 5.80. The number of hydrogen-bond acceptors (Lipinski definition) is 2. The summed E-state index contributed by atoms with van der Waals surface area (Å²) in [6, 6.07) is 2.11. The van der Waals surface area contributed by atoms with Gasteiger partial charge in [0.05, 0.1) is 12.1 Å². The van der Waals surface area contributed by atoms with Crippen LogP contribution in [0.15, 0.2) is 6.07 Å². The van der Waals surface area contributed by atoms with E-state index in [1.807, 2.05) is 7.05 Å². The minimum Gasteiger partial charge on any atom is -0.281 e. The Labute approximate surface area is 123 Å². The molecule has 1 atom stereocenters. The molecule has 1 unspecified atom stereocenters. The number of nitrogens with one attached hydrogen (secondary N) is 1. The lowest BCUT2D eigenvalue weighted by Crippen LogP contribution is -2.26. The van der Waals surface area contributed by atoms with E-state index < -0.39 is 0 Å². The zero-order chi connectivity index (χ0) is 12.6. The fourth-order valence-corrected chi connectivity index (χ4v) is 4.50. The summed E-state index contributed by atoms with van der Waals surface area (Å²) in [6.45, 7) is 4.39. The lowest BCUT2D eigenvalue weighted by Gasteiger charge is -2.25. The van der Waals surface area contributed by atoms with Crippen molar-refractivity contribution >= 4 is 45.7 Å². The Balaban J connectivity index is 2.48. The molecule has 1 aromatic carbocycles. The number of hydrogen-bond donors (Lipinski definition) is 1. The van der Waals surface area contributed by atoms with Gasteiger partial charge in [-0.3, -0.25) is 4.78 Å². The molecule has 0 aliphatic heterocycles. The van der Waals surface area contributed by atoms with Gasteiger partial charge in [-0.2, -0.15) is 0 Å². The van der Waals surface area contributed by atoms with E-state index >= 15 is 0 Å². The molecule has 1 saturated carbocycles. The number of rotatable bonds is 4. The van der Waals surface area contributed by atoms with Crippen molar-refractivity contribution in [1.29, 1.82) is 0 Å². The first kappa shape index (κ1) is 13.9. The average Bonchev–Trinajstić information content (AvgIpc) is 3.11. The van der Waals surface area contributed by atoms with Crippen LogP contribution in [0.5, 0.6) is 0 Å². The van der Waals surface area contributed by atoms with Gasteiger partial charge in [-0.15, -0.1) is 0 Å². The van der Waals surface area contributed by atoms with Gasteiger partial charge in [0.1, 0.15) is 0 Å². The van der Waals surface area contributed by atoms with Gasteiger partial charge in [0, 0.05) is 12.1 Å². The second kappa shape index (κ2) is 5.60. The molecule has 17 heavy (non-hydrogen) atoms. The molecule has 1 aromatic rings. The molecule has 0 aromatic heterocycles. The molecular formula is C12H17ClIN2P. The van der Waals surface area contributed by atoms with Gasteiger partial charge in [-0.25, -0.2) is 5.43 Å². The SMILES string of the molecule is CNN(PI)c1cc(Cl)c(C2CC2)c(C)c1C. The second-order valence-electron chi connectivity index (χ2n) is 4.46. The number of hydrazine groups is 1. The van der Waals surface area contributed by atoms with Crippen molar-refractivity contribution in [3.63, 3.8) is 0 Å². The van der Waals surface area contributed by atoms with Crippen LogP contribution >= 0.6 is 40.0 Å². The van der Waals surface area contributed by atoms with E-state index in [2.05, 4.69) is 52.2 Å². The lowest BCUT2D eigenvalue weighted by molar-refractivity contribution is 0.891. The number of halogens is 2. The van der Waals surface area contributed by atoms with Crippen molar-refractivity contribution in [3.8, 4) is 0 Å². The Bertz CT molecular complexity index is 431. The van der Waals surface area contributed by atoms with Crippen LogP contribution in [0.2, 0.25) is 5.02 Å². The van der Waals surface area contributed by atoms with Crippen molar-refractivity contribution < 1.29 is 0 Å². The Morgan fingerprint density at radius 1 is 1.41 bits per heavy atom. The Morgan fingerprint density at radius 2 is 2.06 bits per heavy atom. The standard InChI is InChI=1S/C12H17ClIN2P/c1-7-8(2)12(9-4-5-9)10(13)6-11(7)16(15-3)17-14/h6,9,15,17H,4-5H2,1-3H3. The first-order valence-corrected chi connectivity index (χ1v) is 10.2. The first-order chi connectivity index (χ1) is 8.10. The van der Waals surface area contributed by atoms with Gasteiger partial charge in [-0.1, -0.05) is 11.6 Å². The van der Waals surface area contributed by atoms with E-state index in [1.54, 1.807) is 0 Å². The molecule has 94 valence electrons. The summed E-state index contributed by atoms with van der Waals surface area (Å²) in [5.74, 6) is 0.709. The molecule has 2 nitrogen and oxygen atoms in total. The van der Waals surface area contributed by atoms with Gasteiger partial charge < -0.3 is 0 Å². The molecular weight excluding hydrogens is 365 g/mol. The quantitative estimate of drug-likeness (QED) is 0.460. The van der Waals surface area contributed by atoms with Crippen molar-refractivity contribution in [2.24, 2.45) is 0 Å². The molecule has 5 heteroatoms. The largest absolute Gasteiger partial charge is 0.281 e. The molecule has 0 heterocycles. The van der Waals surface area contributed by atoms with E-state index in [1.165, 1.54) is 35.2 Å². The zero-order valence-corrected chi connectivity index (χ0v) is 14.2. The Morgan fingerprint density at radius 3 is 2.53 bits per heavy atom. The van der Waals surface area contributed by atoms with Crippen LogP contribution < -0.4 is 10.2 Å². The predicted molar refractivity (Wildman–Crippen MR) is 86.8 cm³/mol. The first-order valence-electron chi connectivity index (χ1n) is 5.73. The van der Waals surface area contributed by atoms with Crippen LogP contribution in [0.1, 0.15) is 35.4 Å². The van der Waals surface area contributed by atoms with Crippen molar-refractivity contribution in [2.75, 3.05) is 11.8 Å². The summed E-state index contributed by atoms with van der Waals surface area (Å²) in [7, 11) is 1.95. The molecule has 2 rings (SSSR count). The molecule has 1 aliphatic carbocycles. The van der Waals surface area contributed by atoms with E-state index in [4.69, 9.17) is 11.6 Å². The molecule has 1 fully saturated rings. The molecule has 0 amide bonds. The third kappa shape index (κ3) is 2.73. The maximum atomic E-state index is 6.45. The van der Waals surface area contributed by atoms with Gasteiger partial charge in [0.25, 0.3) is 0 Å². The van der Waals surface area contributed by atoms with Gasteiger partial charge in [0.2, 0.25) is 0 Å². The van der Waals surface area contributed by atoms with E-state index in [9.17, 15) is 0 Å². The lowest BCUT2D eigenvalue weighted by atomic mass is 9.98. The summed E-state index contributed by atoms with van der Waals surface area (Å²) in [5, 5.41) is 0.931. The maximum absolute atomic E-state index is 6.45. The monoisotopic (exact) mass is 382 g/mol. The average molecular weight is 383 g/mol. The van der Waals surface area contributed by atoms with Gasteiger partial charge >= 0.3 is 0 Å². The van der Waals surface area contributed by atoms with Crippen molar-refractivity contribution in [1.82, 2.24) is 5.43 Å². The highest BCUT2D eigenvalue weighted by Crippen LogP contribution is 2.48. The van der Waals surface area contributed by atoms with Gasteiger partial charge in [0.15, 0.2) is 0 Å². The predicted octanol–water partition coefficient (Wildman–Crippen LogP) is 4.72. The minimum absolute atomic E-state index is 0.656. The van der Waals surface area contributed by atoms with Crippen LogP contribution in [0.4, 0.5) is 5.69 Å². The fraction of sp³-hybridized carbons (Fsp3) is 0.500. The highest BCUT2D eigenvalue weighted by molar-refractivity contribution is 14.2. The summed E-state index contributed by atoms with van der Waals surface area (Å²) >= 11 is 8.82. The highest BCUT2D eigenvalue weighted by Gasteiger charge is 2.29. The number of benzene rings is 1. The topological polar surface area (TPSA) is 15.3 Å². The van der Waals surface area contributed by atoms with E-state index in [0.717, 1.165) is 5.02 Å². The molecule has 0 bridgehead atoms. The molecule has 0 saturated heterocycles. The number of nitrogens with zero attached hydrogens (tertiary/aromatic N) is 1. The molecule has 1 aliphatic rings. The summed E-state index contributed by atoms with van der Waals surface area (Å²) in [5.41, 5.74) is 8.49. The van der Waals surface area contributed by atoms with Crippen LogP contribution in [-0.2, 0) is 0 Å². The highest BCUT2D eigenvalue weighted by atomic mass is 127. The second-order valence-corrected chi connectivity index (χ2v) is 6.93. The summed E-state index contributed by atoms with van der Waals surface area (Å²) in [6.07, 6.45) is 3.25. The van der Waals surface area contributed by atoms with Crippen molar-refractivity contribution in [2.45, 2.75) is 32.6 Å². The fourth-order valence-electron chi connectivity index (χ4n) is 2.19. The van der Waals surface area contributed by atoms with Gasteiger partial charge in [-0.05, 0) is 77.4 Å². The van der Waals surface area contributed by atoms with E-state index in [0.29, 0.717) is 12.3 Å². The van der Waals surface area contributed by atoms with Crippen molar-refractivity contribution in [3.05, 3.63) is 27.8 Å². The Kier molecular flexibility index (Phi) is 4.56. The smallest absolute Gasteiger partial charge is 0.0613 e.